The summed E-state index contributed by atoms with van der Waals surface area (Å²) in [6, 6.07) is 15.2. The van der Waals surface area contributed by atoms with Crippen LogP contribution in [0.3, 0.4) is 0 Å². The molecule has 1 amide bonds. The minimum Gasteiger partial charge on any atom is -0.493 e. The molecule has 13 heteroatoms. The van der Waals surface area contributed by atoms with Gasteiger partial charge in [-0.15, -0.1) is 0 Å². The largest absolute Gasteiger partial charge is 0.506 e. The Morgan fingerprint density at radius 2 is 1.76 bits per heavy atom. The molecule has 0 saturated heterocycles. The van der Waals surface area contributed by atoms with Crippen molar-refractivity contribution in [2.75, 3.05) is 11.9 Å². The molecule has 0 aliphatic carbocycles. The molecular formula is C29H21ClF3N3O6. The van der Waals surface area contributed by atoms with Crippen LogP contribution in [0, 0.1) is 6.92 Å². The van der Waals surface area contributed by atoms with E-state index in [4.69, 9.17) is 30.9 Å². The van der Waals surface area contributed by atoms with Crippen LogP contribution in [-0.2, 0) is 10.9 Å². The fourth-order valence-corrected chi connectivity index (χ4v) is 4.45. The van der Waals surface area contributed by atoms with Gasteiger partial charge in [0.1, 0.15) is 29.2 Å². The lowest BCUT2D eigenvalue weighted by molar-refractivity contribution is -0.137. The number of fused-ring (bicyclic) bond motifs is 1. The van der Waals surface area contributed by atoms with Gasteiger partial charge in [-0.05, 0) is 49.4 Å². The maximum atomic E-state index is 12.9. The van der Waals surface area contributed by atoms with Crippen LogP contribution < -0.4 is 14.8 Å². The van der Waals surface area contributed by atoms with Crippen LogP contribution in [0.4, 0.5) is 23.8 Å². The predicted molar refractivity (Wildman–Crippen MR) is 145 cm³/mol. The number of halogens is 4. The first-order valence-electron chi connectivity index (χ1n) is 12.4. The van der Waals surface area contributed by atoms with Crippen molar-refractivity contribution in [2.24, 2.45) is 0 Å². The van der Waals surface area contributed by atoms with Crippen molar-refractivity contribution in [3.05, 3.63) is 94.1 Å². The van der Waals surface area contributed by atoms with E-state index >= 15 is 0 Å². The molecule has 0 saturated carbocycles. The minimum absolute atomic E-state index is 0.162. The Bertz CT molecular complexity index is 1650. The van der Waals surface area contributed by atoms with E-state index < -0.39 is 29.9 Å². The van der Waals surface area contributed by atoms with Gasteiger partial charge in [0.15, 0.2) is 5.82 Å². The number of hydrogen-bond donors (Lipinski definition) is 2. The lowest BCUT2D eigenvalue weighted by Gasteiger charge is -2.25. The van der Waals surface area contributed by atoms with Crippen molar-refractivity contribution in [2.45, 2.75) is 25.6 Å². The van der Waals surface area contributed by atoms with Crippen molar-refractivity contribution in [3.63, 3.8) is 0 Å². The summed E-state index contributed by atoms with van der Waals surface area (Å²) in [4.78, 5) is 32.4. The second kappa shape index (κ2) is 11.6. The molecule has 216 valence electrons. The van der Waals surface area contributed by atoms with Gasteiger partial charge in [-0.25, -0.2) is 14.8 Å². The van der Waals surface area contributed by atoms with Crippen LogP contribution in [-0.4, -0.2) is 33.7 Å². The number of hydrogen-bond acceptors (Lipinski definition) is 7. The Kier molecular flexibility index (Phi) is 7.90. The SMILES string of the molecule is Cc1cc(NC(=O)c2ccc(Oc3cc4c(cc3Cl)C(OC(=O)O)CCO4)cc2)nc(-c2ccc(C(F)(F)F)cc2)n1. The Balaban J connectivity index is 1.28. The topological polar surface area (TPSA) is 120 Å². The molecule has 1 aromatic heterocycles. The molecule has 0 spiro atoms. The standard InChI is InChI=1S/C29H21ClF3N3O6/c1-15-12-25(35-26(34-15)16-2-6-18(7-3-16)29(31,32)33)36-27(37)17-4-8-19(9-5-17)41-24-14-23-20(13-21(24)30)22(10-11-40-23)42-28(38)39/h2-9,12-14,22H,10-11H2,1H3,(H,38,39)(H,34,35,36,37). The van der Waals surface area contributed by atoms with Crippen molar-refractivity contribution in [3.8, 4) is 28.6 Å². The lowest BCUT2D eigenvalue weighted by Crippen LogP contribution is -2.18. The number of nitrogens with one attached hydrogen (secondary N) is 1. The van der Waals surface area contributed by atoms with Crippen LogP contribution in [0.15, 0.2) is 66.7 Å². The molecule has 3 aromatic carbocycles. The summed E-state index contributed by atoms with van der Waals surface area (Å²) in [6.45, 7) is 1.93. The summed E-state index contributed by atoms with van der Waals surface area (Å²) in [5, 5.41) is 11.9. The van der Waals surface area contributed by atoms with E-state index in [9.17, 15) is 22.8 Å². The minimum atomic E-state index is -4.46. The van der Waals surface area contributed by atoms with Gasteiger partial charge in [0.25, 0.3) is 5.91 Å². The average molecular weight is 600 g/mol. The van der Waals surface area contributed by atoms with Gasteiger partial charge in [0.2, 0.25) is 0 Å². The summed E-state index contributed by atoms with van der Waals surface area (Å²) in [6.07, 6.45) is -6.22. The van der Waals surface area contributed by atoms with E-state index in [1.807, 2.05) is 0 Å². The molecular weight excluding hydrogens is 579 g/mol. The van der Waals surface area contributed by atoms with E-state index in [0.717, 1.165) is 12.1 Å². The molecule has 1 unspecified atom stereocenters. The number of anilines is 1. The first-order valence-corrected chi connectivity index (χ1v) is 12.8. The monoisotopic (exact) mass is 599 g/mol. The van der Waals surface area contributed by atoms with E-state index in [2.05, 4.69) is 15.3 Å². The summed E-state index contributed by atoms with van der Waals surface area (Å²) in [5.74, 6) is 0.866. The molecule has 4 aromatic rings. The lowest BCUT2D eigenvalue weighted by atomic mass is 10.0. The number of carbonyl (C=O) groups excluding carboxylic acids is 1. The fraction of sp³-hybridized carbons (Fsp3) is 0.172. The molecule has 42 heavy (non-hydrogen) atoms. The average Bonchev–Trinajstić information content (AvgIpc) is 2.93. The first kappa shape index (κ1) is 28.7. The number of carbonyl (C=O) groups is 2. The molecule has 5 rings (SSSR count). The number of benzene rings is 3. The van der Waals surface area contributed by atoms with Crippen LogP contribution in [0.2, 0.25) is 5.02 Å². The van der Waals surface area contributed by atoms with Crippen molar-refractivity contribution in [1.82, 2.24) is 9.97 Å². The smallest absolute Gasteiger partial charge is 0.493 e. The highest BCUT2D eigenvalue weighted by molar-refractivity contribution is 6.32. The number of carboxylic acid groups (broad SMARTS) is 1. The van der Waals surface area contributed by atoms with Gasteiger partial charge in [-0.2, -0.15) is 13.2 Å². The van der Waals surface area contributed by atoms with Gasteiger partial charge in [-0.1, -0.05) is 23.7 Å². The molecule has 1 atom stereocenters. The quantitative estimate of drug-likeness (QED) is 0.216. The Labute approximate surface area is 241 Å². The summed E-state index contributed by atoms with van der Waals surface area (Å²) >= 11 is 6.37. The number of rotatable bonds is 6. The molecule has 0 fully saturated rings. The van der Waals surface area contributed by atoms with Crippen LogP contribution in [0.25, 0.3) is 11.4 Å². The Morgan fingerprint density at radius 1 is 1.05 bits per heavy atom. The van der Waals surface area contributed by atoms with E-state index in [1.165, 1.54) is 36.4 Å². The van der Waals surface area contributed by atoms with Crippen molar-refractivity contribution >= 4 is 29.5 Å². The van der Waals surface area contributed by atoms with Crippen LogP contribution in [0.5, 0.6) is 17.2 Å². The zero-order chi connectivity index (χ0) is 30.0. The second-order valence-corrected chi connectivity index (χ2v) is 9.61. The number of ether oxygens (including phenoxy) is 3. The third-order valence-electron chi connectivity index (χ3n) is 6.20. The van der Waals surface area contributed by atoms with Crippen molar-refractivity contribution < 1.29 is 42.1 Å². The normalized spacial score (nSPS) is 14.4. The van der Waals surface area contributed by atoms with Crippen LogP contribution >= 0.6 is 11.6 Å². The molecule has 0 bridgehead atoms. The molecule has 1 aliphatic heterocycles. The third kappa shape index (κ3) is 6.55. The number of amides is 1. The maximum absolute atomic E-state index is 12.9. The van der Waals surface area contributed by atoms with E-state index in [1.54, 1.807) is 25.1 Å². The highest BCUT2D eigenvalue weighted by atomic mass is 35.5. The summed E-state index contributed by atoms with van der Waals surface area (Å²) in [5.41, 5.74) is 0.851. The second-order valence-electron chi connectivity index (χ2n) is 9.20. The number of alkyl halides is 3. The number of aromatic nitrogens is 2. The molecule has 2 heterocycles. The molecule has 1 aliphatic rings. The summed E-state index contributed by atoms with van der Waals surface area (Å²) < 4.78 is 55.1. The number of nitrogens with zero attached hydrogens (tertiary/aromatic N) is 2. The zero-order valence-electron chi connectivity index (χ0n) is 21.7. The molecule has 2 N–H and O–H groups in total. The van der Waals surface area contributed by atoms with E-state index in [-0.39, 0.29) is 34.6 Å². The fourth-order valence-electron chi connectivity index (χ4n) is 4.24. The van der Waals surface area contributed by atoms with Gasteiger partial charge in [0, 0.05) is 40.9 Å². The van der Waals surface area contributed by atoms with Crippen LogP contribution in [0.1, 0.15) is 39.7 Å². The third-order valence-corrected chi connectivity index (χ3v) is 6.50. The first-order chi connectivity index (χ1) is 20.0. The van der Waals surface area contributed by atoms with E-state index in [0.29, 0.717) is 34.7 Å². The van der Waals surface area contributed by atoms with Gasteiger partial charge in [-0.3, -0.25) is 4.79 Å². The predicted octanol–water partition coefficient (Wildman–Crippen LogP) is 7.69. The maximum Gasteiger partial charge on any atom is 0.506 e. The van der Waals surface area contributed by atoms with Crippen molar-refractivity contribution in [1.29, 1.82) is 0 Å². The molecule has 9 nitrogen and oxygen atoms in total. The van der Waals surface area contributed by atoms with Gasteiger partial charge in [0.05, 0.1) is 17.2 Å². The zero-order valence-corrected chi connectivity index (χ0v) is 22.5. The highest BCUT2D eigenvalue weighted by Gasteiger charge is 2.30. The Hall–Kier alpha value is -4.84. The Morgan fingerprint density at radius 3 is 2.43 bits per heavy atom. The summed E-state index contributed by atoms with van der Waals surface area (Å²) in [7, 11) is 0. The highest BCUT2D eigenvalue weighted by Crippen LogP contribution is 2.42. The molecule has 0 radical (unpaired) electrons. The van der Waals surface area contributed by atoms with Gasteiger partial charge >= 0.3 is 12.3 Å². The number of aryl methyl sites for hydroxylation is 1. The van der Waals surface area contributed by atoms with Gasteiger partial charge < -0.3 is 24.6 Å².